The molecule has 1 aromatic carbocycles. The lowest BCUT2D eigenvalue weighted by Gasteiger charge is -1.97. The van der Waals surface area contributed by atoms with E-state index in [0.29, 0.717) is 0 Å². The maximum atomic E-state index is 4.22. The highest BCUT2D eigenvalue weighted by Gasteiger charge is 1.94. The van der Waals surface area contributed by atoms with Crippen LogP contribution >= 0.6 is 11.8 Å². The lowest BCUT2D eigenvalue weighted by molar-refractivity contribution is 1.38. The quantitative estimate of drug-likeness (QED) is 0.616. The third-order valence-corrected chi connectivity index (χ3v) is 2.39. The second-order valence-electron chi connectivity index (χ2n) is 2.46. The first kappa shape index (κ1) is 7.62. The Morgan fingerprint density at radius 3 is 3.08 bits per heavy atom. The maximum Gasteiger partial charge on any atom is 0.0709 e. The van der Waals surface area contributed by atoms with Crippen LogP contribution in [0.3, 0.4) is 0 Å². The fourth-order valence-corrected chi connectivity index (χ4v) is 1.52. The Hall–Kier alpha value is -1.02. The Labute approximate surface area is 75.8 Å². The molecule has 12 heavy (non-hydrogen) atoms. The van der Waals surface area contributed by atoms with E-state index in [0.717, 1.165) is 15.8 Å². The zero-order valence-electron chi connectivity index (χ0n) is 6.74. The molecule has 0 atom stereocenters. The highest BCUT2D eigenvalue weighted by molar-refractivity contribution is 7.98. The standard InChI is InChI=1S/C10H8NS/c1-12-9-4-5-10-8(7-9)3-2-6-11-10/h2-6H,1H3. The van der Waals surface area contributed by atoms with Crippen LogP contribution < -0.4 is 0 Å². The Morgan fingerprint density at radius 2 is 2.25 bits per heavy atom. The molecule has 0 spiro atoms. The van der Waals surface area contributed by atoms with Crippen LogP contribution in [0.25, 0.3) is 10.9 Å². The number of thioether (sulfide) groups is 1. The van der Waals surface area contributed by atoms with Crippen LogP contribution in [0.15, 0.2) is 35.4 Å². The van der Waals surface area contributed by atoms with Crippen molar-refractivity contribution >= 4 is 22.7 Å². The molecule has 0 fully saturated rings. The van der Waals surface area contributed by atoms with Gasteiger partial charge in [-0.2, -0.15) is 0 Å². The third-order valence-electron chi connectivity index (χ3n) is 1.71. The summed E-state index contributed by atoms with van der Waals surface area (Å²) in [5.74, 6) is 0. The number of aromatic nitrogens is 1. The molecule has 59 valence electrons. The fourth-order valence-electron chi connectivity index (χ4n) is 1.10. The van der Waals surface area contributed by atoms with Gasteiger partial charge in [-0.3, -0.25) is 4.98 Å². The molecule has 0 bridgehead atoms. The molecule has 0 unspecified atom stereocenters. The molecule has 2 aromatic rings. The second kappa shape index (κ2) is 3.15. The Balaban J connectivity index is 2.67. The van der Waals surface area contributed by atoms with Gasteiger partial charge < -0.3 is 0 Å². The normalized spacial score (nSPS) is 10.4. The van der Waals surface area contributed by atoms with Crippen molar-refractivity contribution in [3.8, 4) is 0 Å². The van der Waals surface area contributed by atoms with Crippen molar-refractivity contribution in [3.63, 3.8) is 0 Å². The smallest absolute Gasteiger partial charge is 0.0709 e. The van der Waals surface area contributed by atoms with Gasteiger partial charge >= 0.3 is 0 Å². The van der Waals surface area contributed by atoms with Crippen LogP contribution in [0.2, 0.25) is 0 Å². The summed E-state index contributed by atoms with van der Waals surface area (Å²) in [6.07, 6.45) is 3.85. The molecule has 2 rings (SSSR count). The summed E-state index contributed by atoms with van der Waals surface area (Å²) in [6.45, 7) is 0. The first-order valence-corrected chi connectivity index (χ1v) is 4.93. The van der Waals surface area contributed by atoms with Gasteiger partial charge in [0, 0.05) is 22.5 Å². The van der Waals surface area contributed by atoms with Gasteiger partial charge in [0.2, 0.25) is 0 Å². The second-order valence-corrected chi connectivity index (χ2v) is 3.31. The van der Waals surface area contributed by atoms with Crippen LogP contribution in [-0.4, -0.2) is 11.2 Å². The minimum Gasteiger partial charge on any atom is -0.256 e. The van der Waals surface area contributed by atoms with Crippen LogP contribution in [0.1, 0.15) is 0 Å². The van der Waals surface area contributed by atoms with E-state index in [1.807, 2.05) is 30.5 Å². The van der Waals surface area contributed by atoms with Crippen molar-refractivity contribution in [3.05, 3.63) is 36.5 Å². The Kier molecular flexibility index (Phi) is 2.00. The summed E-state index contributed by atoms with van der Waals surface area (Å²) in [5, 5.41) is 1.09. The van der Waals surface area contributed by atoms with Crippen molar-refractivity contribution in [2.45, 2.75) is 4.90 Å². The van der Waals surface area contributed by atoms with Gasteiger partial charge in [0.05, 0.1) is 5.52 Å². The lowest BCUT2D eigenvalue weighted by atomic mass is 10.2. The molecule has 0 aliphatic heterocycles. The average molecular weight is 174 g/mol. The zero-order chi connectivity index (χ0) is 8.39. The zero-order valence-corrected chi connectivity index (χ0v) is 7.56. The first-order valence-electron chi connectivity index (χ1n) is 3.71. The number of pyridine rings is 1. The van der Waals surface area contributed by atoms with E-state index < -0.39 is 0 Å². The largest absolute Gasteiger partial charge is 0.256 e. The molecule has 1 radical (unpaired) electrons. The molecule has 0 saturated heterocycles. The summed E-state index contributed by atoms with van der Waals surface area (Å²) in [4.78, 5) is 5.38. The number of hydrogen-bond acceptors (Lipinski definition) is 2. The monoisotopic (exact) mass is 174 g/mol. The predicted octanol–water partition coefficient (Wildman–Crippen LogP) is 2.76. The molecular formula is C10H8NS. The van der Waals surface area contributed by atoms with Crippen molar-refractivity contribution in [2.24, 2.45) is 0 Å². The number of rotatable bonds is 1. The SMILES string of the molecule is CSc1[c]c2cccnc2cc1. The molecule has 0 saturated carbocycles. The van der Waals surface area contributed by atoms with Gasteiger partial charge in [0.1, 0.15) is 0 Å². The van der Waals surface area contributed by atoms with E-state index in [9.17, 15) is 0 Å². The molecule has 2 heteroatoms. The van der Waals surface area contributed by atoms with Gasteiger partial charge in [-0.15, -0.1) is 11.8 Å². The molecule has 1 nitrogen and oxygen atoms in total. The van der Waals surface area contributed by atoms with E-state index in [4.69, 9.17) is 0 Å². The summed E-state index contributed by atoms with van der Waals surface area (Å²) in [5.41, 5.74) is 1.01. The van der Waals surface area contributed by atoms with Gasteiger partial charge in [0.25, 0.3) is 0 Å². The minimum atomic E-state index is 1.01. The van der Waals surface area contributed by atoms with Gasteiger partial charge in [-0.25, -0.2) is 0 Å². The average Bonchev–Trinajstić information content (AvgIpc) is 2.17. The highest BCUT2D eigenvalue weighted by atomic mass is 32.2. The van der Waals surface area contributed by atoms with Gasteiger partial charge in [-0.1, -0.05) is 6.07 Å². The van der Waals surface area contributed by atoms with E-state index in [-0.39, 0.29) is 0 Å². The number of benzene rings is 1. The molecule has 1 aromatic heterocycles. The van der Waals surface area contributed by atoms with Gasteiger partial charge in [-0.05, 0) is 24.5 Å². The van der Waals surface area contributed by atoms with Crippen molar-refractivity contribution in [2.75, 3.05) is 6.26 Å². The predicted molar refractivity (Wildman–Crippen MR) is 52.4 cm³/mol. The highest BCUT2D eigenvalue weighted by Crippen LogP contribution is 2.18. The van der Waals surface area contributed by atoms with E-state index in [1.165, 1.54) is 0 Å². The molecule has 0 N–H and O–H groups in total. The van der Waals surface area contributed by atoms with Crippen LogP contribution in [0.5, 0.6) is 0 Å². The third kappa shape index (κ3) is 1.30. The maximum absolute atomic E-state index is 4.22. The number of hydrogen-bond donors (Lipinski definition) is 0. The van der Waals surface area contributed by atoms with E-state index in [1.54, 1.807) is 18.0 Å². The minimum absolute atomic E-state index is 1.01. The van der Waals surface area contributed by atoms with Gasteiger partial charge in [0.15, 0.2) is 0 Å². The lowest BCUT2D eigenvalue weighted by Crippen LogP contribution is -1.77. The first-order chi connectivity index (χ1) is 5.90. The van der Waals surface area contributed by atoms with Crippen LogP contribution in [-0.2, 0) is 0 Å². The Morgan fingerprint density at radius 1 is 1.33 bits per heavy atom. The molecule has 0 aliphatic rings. The Bertz CT molecular complexity index is 398. The van der Waals surface area contributed by atoms with E-state index >= 15 is 0 Å². The summed E-state index contributed by atoms with van der Waals surface area (Å²) in [7, 11) is 0. The van der Waals surface area contributed by atoms with Crippen molar-refractivity contribution in [1.29, 1.82) is 0 Å². The number of fused-ring (bicyclic) bond motifs is 1. The topological polar surface area (TPSA) is 12.9 Å². The molecule has 0 amide bonds. The van der Waals surface area contributed by atoms with Crippen LogP contribution in [0.4, 0.5) is 0 Å². The molecule has 1 heterocycles. The molecule has 0 aliphatic carbocycles. The van der Waals surface area contributed by atoms with Crippen molar-refractivity contribution in [1.82, 2.24) is 4.98 Å². The summed E-state index contributed by atoms with van der Waals surface area (Å²) in [6, 6.07) is 11.3. The summed E-state index contributed by atoms with van der Waals surface area (Å²) < 4.78 is 0. The van der Waals surface area contributed by atoms with Crippen LogP contribution in [0, 0.1) is 6.07 Å². The van der Waals surface area contributed by atoms with E-state index in [2.05, 4.69) is 11.1 Å². The number of nitrogens with zero attached hydrogens (tertiary/aromatic N) is 1. The fraction of sp³-hybridized carbons (Fsp3) is 0.100. The van der Waals surface area contributed by atoms with Crippen molar-refractivity contribution < 1.29 is 0 Å². The molecular weight excluding hydrogens is 166 g/mol. The summed E-state index contributed by atoms with van der Waals surface area (Å²) >= 11 is 1.70.